The summed E-state index contributed by atoms with van der Waals surface area (Å²) in [5.74, 6) is 0.606. The van der Waals surface area contributed by atoms with Crippen molar-refractivity contribution in [1.82, 2.24) is 28.7 Å². The Bertz CT molecular complexity index is 1870. The topological polar surface area (TPSA) is 116 Å². The largest absolute Gasteiger partial charge is 0.497 e. The maximum atomic E-state index is 14.7. The molecule has 2 aliphatic carbocycles. The van der Waals surface area contributed by atoms with E-state index in [0.717, 1.165) is 89.5 Å². The summed E-state index contributed by atoms with van der Waals surface area (Å²) in [7, 11) is 4.52. The lowest BCUT2D eigenvalue weighted by molar-refractivity contribution is -0.136. The van der Waals surface area contributed by atoms with Crippen molar-refractivity contribution in [2.45, 2.75) is 62.9 Å². The quantitative estimate of drug-likeness (QED) is 0.374. The molecule has 0 spiro atoms. The molecule has 3 aromatic rings. The molecule has 1 saturated heterocycles. The Balaban J connectivity index is 1.38. The predicted molar refractivity (Wildman–Crippen MR) is 187 cm³/mol. The number of carbonyl (C=O) groups excluding carboxylic acids is 2. The van der Waals surface area contributed by atoms with Crippen LogP contribution in [0.1, 0.15) is 71.8 Å². The number of aromatic nitrogens is 1. The van der Waals surface area contributed by atoms with Crippen molar-refractivity contribution in [3.63, 3.8) is 0 Å². The molecule has 1 aromatic heterocycles. The molecule has 2 aromatic carbocycles. The second kappa shape index (κ2) is 12.5. The first-order chi connectivity index (χ1) is 22.9. The number of hydrogen-bond acceptors (Lipinski definition) is 7. The smallest absolute Gasteiger partial charge is 0.303 e. The summed E-state index contributed by atoms with van der Waals surface area (Å²) in [4.78, 5) is 32.3. The molecular formula is C36H48N6O5S. The Morgan fingerprint density at radius 3 is 2.56 bits per heavy atom. The average Bonchev–Trinajstić information content (AvgIpc) is 3.74. The molecule has 3 heterocycles. The van der Waals surface area contributed by atoms with Crippen molar-refractivity contribution in [1.29, 1.82) is 0 Å². The van der Waals surface area contributed by atoms with Crippen LogP contribution in [0.4, 0.5) is 0 Å². The van der Waals surface area contributed by atoms with E-state index < -0.39 is 21.5 Å². The van der Waals surface area contributed by atoms with Crippen molar-refractivity contribution < 1.29 is 22.7 Å². The van der Waals surface area contributed by atoms with Crippen molar-refractivity contribution in [3.8, 4) is 17.0 Å². The molecule has 7 rings (SSSR count). The number of ether oxygens (including phenoxy) is 1. The van der Waals surface area contributed by atoms with Gasteiger partial charge >= 0.3 is 10.2 Å². The standard InChI is InChI=1S/C36H48N6O5S/c1-39(2)48(45,46)38-34(43)24-11-13-28-31(17-24)42-22-36(35(44)41(4)21-25-20-40(3)16-15-37-25)19-30(36)29-18-26(47-5)12-14-27(29)33(42)32(28)23-9-7-6-8-10-23/h11-14,17-18,23,25,30,37H,6-10,15-16,19-22H2,1-5H3,(H,38,43). The minimum atomic E-state index is -3.97. The van der Waals surface area contributed by atoms with E-state index in [9.17, 15) is 18.0 Å². The number of piperazine rings is 1. The van der Waals surface area contributed by atoms with Gasteiger partial charge in [0.1, 0.15) is 5.75 Å². The Hall–Kier alpha value is -3.45. The van der Waals surface area contributed by atoms with Gasteiger partial charge in [0.05, 0.1) is 18.2 Å². The van der Waals surface area contributed by atoms with Gasteiger partial charge in [0.2, 0.25) is 5.91 Å². The third-order valence-corrected chi connectivity index (χ3v) is 12.6. The zero-order chi connectivity index (χ0) is 34.0. The maximum absolute atomic E-state index is 14.7. The molecule has 0 bridgehead atoms. The van der Waals surface area contributed by atoms with Crippen LogP contribution in [0, 0.1) is 5.41 Å². The van der Waals surface area contributed by atoms with Gasteiger partial charge in [-0.3, -0.25) is 9.59 Å². The number of nitrogens with zero attached hydrogens (tertiary/aromatic N) is 4. The number of amides is 2. The Labute approximate surface area is 283 Å². The van der Waals surface area contributed by atoms with Gasteiger partial charge in [-0.05, 0) is 73.7 Å². The predicted octanol–water partition coefficient (Wildman–Crippen LogP) is 3.75. The molecule has 3 unspecified atom stereocenters. The van der Waals surface area contributed by atoms with E-state index in [-0.39, 0.29) is 23.4 Å². The molecule has 11 nitrogen and oxygen atoms in total. The fraction of sp³-hybridized carbons (Fsp3) is 0.556. The second-order valence-corrected chi connectivity index (χ2v) is 16.5. The van der Waals surface area contributed by atoms with Gasteiger partial charge in [-0.1, -0.05) is 25.3 Å². The summed E-state index contributed by atoms with van der Waals surface area (Å²) >= 11 is 0. The van der Waals surface area contributed by atoms with Crippen LogP contribution in [0.3, 0.4) is 0 Å². The SMILES string of the molecule is COc1ccc2c(c1)C1CC1(C(=O)N(C)CC1CN(C)CCN1)Cn1c-2c(C2CCCCC2)c2ccc(C(=O)NS(=O)(=O)N(C)C)cc21. The monoisotopic (exact) mass is 676 g/mol. The molecule has 48 heavy (non-hydrogen) atoms. The highest BCUT2D eigenvalue weighted by Gasteiger charge is 2.63. The second-order valence-electron chi connectivity index (χ2n) is 14.6. The van der Waals surface area contributed by atoms with Crippen LogP contribution in [0.15, 0.2) is 36.4 Å². The summed E-state index contributed by atoms with van der Waals surface area (Å²) < 4.78 is 36.3. The third-order valence-electron chi connectivity index (χ3n) is 11.2. The molecule has 3 fully saturated rings. The van der Waals surface area contributed by atoms with E-state index in [1.54, 1.807) is 13.2 Å². The first kappa shape index (κ1) is 33.1. The van der Waals surface area contributed by atoms with E-state index in [4.69, 9.17) is 4.74 Å². The highest BCUT2D eigenvalue weighted by molar-refractivity contribution is 7.87. The van der Waals surface area contributed by atoms with Crippen molar-refractivity contribution in [2.24, 2.45) is 5.41 Å². The lowest BCUT2D eigenvalue weighted by Gasteiger charge is -2.34. The minimum absolute atomic E-state index is 0.0328. The summed E-state index contributed by atoms with van der Waals surface area (Å²) in [6, 6.07) is 12.0. The molecule has 2 aliphatic heterocycles. The summed E-state index contributed by atoms with van der Waals surface area (Å²) in [6.45, 7) is 3.89. The number of carbonyl (C=O) groups is 2. The molecule has 2 amide bonds. The zero-order valence-corrected chi connectivity index (χ0v) is 29.5. The highest BCUT2D eigenvalue weighted by Crippen LogP contribution is 2.66. The van der Waals surface area contributed by atoms with Crippen LogP contribution >= 0.6 is 0 Å². The fourth-order valence-corrected chi connectivity index (χ4v) is 9.13. The van der Waals surface area contributed by atoms with Gasteiger partial charge in [-0.25, -0.2) is 4.72 Å². The van der Waals surface area contributed by atoms with Gasteiger partial charge in [-0.15, -0.1) is 0 Å². The van der Waals surface area contributed by atoms with Crippen LogP contribution < -0.4 is 14.8 Å². The number of nitrogens with one attached hydrogen (secondary N) is 2. The molecular weight excluding hydrogens is 629 g/mol. The fourth-order valence-electron chi connectivity index (χ4n) is 8.60. The highest BCUT2D eigenvalue weighted by atomic mass is 32.2. The van der Waals surface area contributed by atoms with Gasteiger partial charge in [-0.2, -0.15) is 12.7 Å². The van der Waals surface area contributed by atoms with Gasteiger partial charge in [0, 0.05) is 87.9 Å². The molecule has 258 valence electrons. The van der Waals surface area contributed by atoms with Gasteiger partial charge in [0.15, 0.2) is 0 Å². The van der Waals surface area contributed by atoms with Crippen LogP contribution in [0.25, 0.3) is 22.2 Å². The number of rotatable bonds is 8. The number of fused-ring (bicyclic) bond motifs is 7. The summed E-state index contributed by atoms with van der Waals surface area (Å²) in [5.41, 5.74) is 5.12. The first-order valence-corrected chi connectivity index (χ1v) is 18.6. The van der Waals surface area contributed by atoms with E-state index in [0.29, 0.717) is 19.0 Å². The van der Waals surface area contributed by atoms with E-state index in [1.807, 2.05) is 30.1 Å². The molecule has 12 heteroatoms. The van der Waals surface area contributed by atoms with Crippen molar-refractivity contribution in [2.75, 3.05) is 61.5 Å². The number of methoxy groups -OCH3 is 1. The first-order valence-electron chi connectivity index (χ1n) is 17.2. The number of benzene rings is 2. The minimum Gasteiger partial charge on any atom is -0.497 e. The lowest BCUT2D eigenvalue weighted by atomic mass is 9.81. The van der Waals surface area contributed by atoms with Gasteiger partial charge < -0.3 is 24.4 Å². The van der Waals surface area contributed by atoms with Crippen LogP contribution in [0.2, 0.25) is 0 Å². The third kappa shape index (κ3) is 5.70. The normalized spacial score (nSPS) is 24.4. The number of likely N-dealkylation sites (N-methyl/N-ethyl adjacent to an activating group) is 2. The molecule has 2 N–H and O–H groups in total. The van der Waals surface area contributed by atoms with E-state index in [1.165, 1.54) is 26.1 Å². The number of hydrogen-bond donors (Lipinski definition) is 2. The molecule has 3 atom stereocenters. The maximum Gasteiger partial charge on any atom is 0.303 e. The van der Waals surface area contributed by atoms with Gasteiger partial charge in [0.25, 0.3) is 5.91 Å². The average molecular weight is 677 g/mol. The van der Waals surface area contributed by atoms with E-state index in [2.05, 4.69) is 38.7 Å². The van der Waals surface area contributed by atoms with Crippen molar-refractivity contribution in [3.05, 3.63) is 53.1 Å². The Kier molecular flexibility index (Phi) is 8.58. The Morgan fingerprint density at radius 2 is 1.85 bits per heavy atom. The van der Waals surface area contributed by atoms with Crippen molar-refractivity contribution >= 4 is 32.9 Å². The Morgan fingerprint density at radius 1 is 1.08 bits per heavy atom. The van der Waals surface area contributed by atoms with Crippen LogP contribution in [-0.4, -0.2) is 106 Å². The summed E-state index contributed by atoms with van der Waals surface area (Å²) in [5, 5.41) is 4.65. The zero-order valence-electron chi connectivity index (χ0n) is 28.7. The van der Waals surface area contributed by atoms with Crippen LogP contribution in [-0.2, 0) is 21.5 Å². The summed E-state index contributed by atoms with van der Waals surface area (Å²) in [6.07, 6.45) is 6.44. The molecule has 2 saturated carbocycles. The van der Waals surface area contributed by atoms with Crippen LogP contribution in [0.5, 0.6) is 5.75 Å². The lowest BCUT2D eigenvalue weighted by Crippen LogP contribution is -2.54. The molecule has 4 aliphatic rings. The van der Waals surface area contributed by atoms with E-state index >= 15 is 0 Å². The molecule has 0 radical (unpaired) electrons.